The average Bonchev–Trinajstić information content (AvgIpc) is 2.91. The molecule has 2 N–H and O–H groups in total. The maximum Gasteiger partial charge on any atom is 0.0860 e. The molecule has 1 aromatic rings. The Labute approximate surface area is 103 Å². The predicted octanol–water partition coefficient (Wildman–Crippen LogP) is 1.27. The van der Waals surface area contributed by atoms with Crippen molar-refractivity contribution in [2.75, 3.05) is 13.1 Å². The third kappa shape index (κ3) is 3.82. The first kappa shape index (κ1) is 12.6. The highest BCUT2D eigenvalue weighted by Crippen LogP contribution is 2.30. The van der Waals surface area contributed by atoms with Gasteiger partial charge in [0.15, 0.2) is 0 Å². The van der Waals surface area contributed by atoms with Gasteiger partial charge >= 0.3 is 0 Å². The zero-order chi connectivity index (χ0) is 12.1. The molecule has 2 rings (SSSR count). The molecule has 1 aromatic heterocycles. The van der Waals surface area contributed by atoms with Crippen LogP contribution in [-0.4, -0.2) is 34.1 Å². The second-order valence-electron chi connectivity index (χ2n) is 5.21. The van der Waals surface area contributed by atoms with E-state index in [0.29, 0.717) is 13.1 Å². The van der Waals surface area contributed by atoms with Gasteiger partial charge < -0.3 is 10.4 Å². The molecule has 17 heavy (non-hydrogen) atoms. The molecule has 0 aromatic carbocycles. The van der Waals surface area contributed by atoms with E-state index in [1.165, 1.54) is 19.3 Å². The lowest BCUT2D eigenvalue weighted by Crippen LogP contribution is -2.34. The standard InChI is InChI=1S/C13H23N3O/c1-11-4-2-5-12(11)8-14-9-13(17)10-16-7-3-6-15-16/h3,6-7,11-14,17H,2,4-5,8-10H2,1H3. The molecule has 1 fully saturated rings. The molecule has 1 saturated carbocycles. The third-order valence-corrected chi connectivity index (χ3v) is 3.78. The number of aliphatic hydroxyl groups is 1. The van der Waals surface area contributed by atoms with E-state index in [2.05, 4.69) is 17.3 Å². The molecular formula is C13H23N3O. The van der Waals surface area contributed by atoms with Gasteiger partial charge in [0.25, 0.3) is 0 Å². The molecule has 1 aliphatic rings. The molecule has 0 aliphatic heterocycles. The predicted molar refractivity (Wildman–Crippen MR) is 67.6 cm³/mol. The van der Waals surface area contributed by atoms with Crippen LogP contribution in [-0.2, 0) is 6.54 Å². The quantitative estimate of drug-likeness (QED) is 0.783. The number of rotatable bonds is 6. The van der Waals surface area contributed by atoms with E-state index in [1.807, 2.05) is 12.3 Å². The first-order valence-corrected chi connectivity index (χ1v) is 6.62. The van der Waals surface area contributed by atoms with Gasteiger partial charge in [-0.25, -0.2) is 0 Å². The lowest BCUT2D eigenvalue weighted by atomic mass is 9.98. The fourth-order valence-corrected chi connectivity index (χ4v) is 2.65. The summed E-state index contributed by atoms with van der Waals surface area (Å²) < 4.78 is 1.77. The summed E-state index contributed by atoms with van der Waals surface area (Å²) in [5, 5.41) is 17.3. The van der Waals surface area contributed by atoms with Crippen LogP contribution in [0.5, 0.6) is 0 Å². The van der Waals surface area contributed by atoms with E-state index < -0.39 is 0 Å². The SMILES string of the molecule is CC1CCCC1CNCC(O)Cn1cccn1. The van der Waals surface area contributed by atoms with Gasteiger partial charge in [-0.1, -0.05) is 19.8 Å². The van der Waals surface area contributed by atoms with Gasteiger partial charge in [0.2, 0.25) is 0 Å². The zero-order valence-corrected chi connectivity index (χ0v) is 10.5. The van der Waals surface area contributed by atoms with Crippen LogP contribution in [0.25, 0.3) is 0 Å². The van der Waals surface area contributed by atoms with E-state index in [4.69, 9.17) is 0 Å². The first-order chi connectivity index (χ1) is 8.25. The van der Waals surface area contributed by atoms with Gasteiger partial charge in [0, 0.05) is 18.9 Å². The van der Waals surface area contributed by atoms with Crippen molar-refractivity contribution < 1.29 is 5.11 Å². The summed E-state index contributed by atoms with van der Waals surface area (Å²) in [4.78, 5) is 0. The Hall–Kier alpha value is -0.870. The summed E-state index contributed by atoms with van der Waals surface area (Å²) in [7, 11) is 0. The lowest BCUT2D eigenvalue weighted by Gasteiger charge is -2.18. The summed E-state index contributed by atoms with van der Waals surface area (Å²) >= 11 is 0. The van der Waals surface area contributed by atoms with E-state index in [1.54, 1.807) is 10.9 Å². The first-order valence-electron chi connectivity index (χ1n) is 6.62. The van der Waals surface area contributed by atoms with Gasteiger partial charge in [0.1, 0.15) is 0 Å². The molecule has 0 amide bonds. The summed E-state index contributed by atoms with van der Waals surface area (Å²) in [6.07, 6.45) is 7.32. The smallest absolute Gasteiger partial charge is 0.0860 e. The second kappa shape index (κ2) is 6.17. The van der Waals surface area contributed by atoms with Crippen LogP contribution in [0.4, 0.5) is 0 Å². The highest BCUT2D eigenvalue weighted by atomic mass is 16.3. The van der Waals surface area contributed by atoms with Crippen LogP contribution >= 0.6 is 0 Å². The Balaban J connectivity index is 1.61. The van der Waals surface area contributed by atoms with Gasteiger partial charge in [-0.15, -0.1) is 0 Å². The molecule has 0 radical (unpaired) electrons. The van der Waals surface area contributed by atoms with Crippen LogP contribution in [0.3, 0.4) is 0 Å². The van der Waals surface area contributed by atoms with Crippen molar-refractivity contribution in [3.05, 3.63) is 18.5 Å². The van der Waals surface area contributed by atoms with Crippen molar-refractivity contribution in [1.29, 1.82) is 0 Å². The van der Waals surface area contributed by atoms with Crippen molar-refractivity contribution >= 4 is 0 Å². The molecule has 0 bridgehead atoms. The molecule has 0 spiro atoms. The van der Waals surface area contributed by atoms with Crippen molar-refractivity contribution in [3.63, 3.8) is 0 Å². The van der Waals surface area contributed by atoms with Crippen molar-refractivity contribution in [2.45, 2.75) is 38.8 Å². The Kier molecular flexibility index (Phi) is 4.57. The minimum absolute atomic E-state index is 0.355. The molecule has 3 unspecified atom stereocenters. The fraction of sp³-hybridized carbons (Fsp3) is 0.769. The summed E-state index contributed by atoms with van der Waals surface area (Å²) in [5.74, 6) is 1.64. The summed E-state index contributed by atoms with van der Waals surface area (Å²) in [5.41, 5.74) is 0. The molecule has 1 heterocycles. The van der Waals surface area contributed by atoms with Gasteiger partial charge in [-0.3, -0.25) is 4.68 Å². The van der Waals surface area contributed by atoms with E-state index in [-0.39, 0.29) is 6.10 Å². The minimum atomic E-state index is -0.355. The van der Waals surface area contributed by atoms with E-state index in [9.17, 15) is 5.11 Å². The maximum atomic E-state index is 9.84. The molecule has 0 saturated heterocycles. The van der Waals surface area contributed by atoms with E-state index in [0.717, 1.165) is 18.4 Å². The normalized spacial score (nSPS) is 26.2. The summed E-state index contributed by atoms with van der Waals surface area (Å²) in [6.45, 7) is 4.60. The maximum absolute atomic E-state index is 9.84. The van der Waals surface area contributed by atoms with Crippen LogP contribution in [0.2, 0.25) is 0 Å². The van der Waals surface area contributed by atoms with Crippen molar-refractivity contribution in [3.8, 4) is 0 Å². The molecule has 1 aliphatic carbocycles. The molecule has 3 atom stereocenters. The Morgan fingerprint density at radius 1 is 1.53 bits per heavy atom. The molecule has 4 heteroatoms. The Bertz CT molecular complexity index is 312. The highest BCUT2D eigenvalue weighted by molar-refractivity contribution is 4.79. The summed E-state index contributed by atoms with van der Waals surface area (Å²) in [6, 6.07) is 1.88. The molecular weight excluding hydrogens is 214 g/mol. The van der Waals surface area contributed by atoms with Gasteiger partial charge in [-0.05, 0) is 30.9 Å². The third-order valence-electron chi connectivity index (χ3n) is 3.78. The van der Waals surface area contributed by atoms with Crippen LogP contribution in [0, 0.1) is 11.8 Å². The van der Waals surface area contributed by atoms with Gasteiger partial charge in [-0.2, -0.15) is 5.10 Å². The Morgan fingerprint density at radius 3 is 3.06 bits per heavy atom. The number of nitrogens with zero attached hydrogens (tertiary/aromatic N) is 2. The molecule has 4 nitrogen and oxygen atoms in total. The van der Waals surface area contributed by atoms with Crippen molar-refractivity contribution in [1.82, 2.24) is 15.1 Å². The second-order valence-corrected chi connectivity index (χ2v) is 5.21. The molecule has 96 valence electrons. The minimum Gasteiger partial charge on any atom is -0.390 e. The number of aliphatic hydroxyl groups excluding tert-OH is 1. The van der Waals surface area contributed by atoms with Crippen LogP contribution < -0.4 is 5.32 Å². The topological polar surface area (TPSA) is 50.1 Å². The van der Waals surface area contributed by atoms with E-state index >= 15 is 0 Å². The number of hydrogen-bond acceptors (Lipinski definition) is 3. The lowest BCUT2D eigenvalue weighted by molar-refractivity contribution is 0.144. The highest BCUT2D eigenvalue weighted by Gasteiger charge is 2.22. The zero-order valence-electron chi connectivity index (χ0n) is 10.5. The number of nitrogens with one attached hydrogen (secondary N) is 1. The fourth-order valence-electron chi connectivity index (χ4n) is 2.65. The van der Waals surface area contributed by atoms with Gasteiger partial charge in [0.05, 0.1) is 12.6 Å². The average molecular weight is 237 g/mol. The Morgan fingerprint density at radius 2 is 2.41 bits per heavy atom. The van der Waals surface area contributed by atoms with Crippen LogP contribution in [0.15, 0.2) is 18.5 Å². The number of hydrogen-bond donors (Lipinski definition) is 2. The van der Waals surface area contributed by atoms with Crippen LogP contribution in [0.1, 0.15) is 26.2 Å². The largest absolute Gasteiger partial charge is 0.390 e. The number of aromatic nitrogens is 2. The van der Waals surface area contributed by atoms with Crippen molar-refractivity contribution in [2.24, 2.45) is 11.8 Å². The monoisotopic (exact) mass is 237 g/mol.